The van der Waals surface area contributed by atoms with Crippen LogP contribution in [0.3, 0.4) is 0 Å². The third-order valence-corrected chi connectivity index (χ3v) is 1.14. The first-order chi connectivity index (χ1) is 5.97. The summed E-state index contributed by atoms with van der Waals surface area (Å²) in [5.74, 6) is -1.46. The Bertz CT molecular complexity index is 117. The maximum Gasteiger partial charge on any atom is 0.159 e. The largest absolute Gasteiger partial charge is 0.373 e. The molecule has 78 valence electrons. The van der Waals surface area contributed by atoms with Crippen molar-refractivity contribution in [1.82, 2.24) is 0 Å². The van der Waals surface area contributed by atoms with Crippen molar-refractivity contribution in [2.75, 3.05) is 13.2 Å². The molecule has 3 nitrogen and oxygen atoms in total. The van der Waals surface area contributed by atoms with Gasteiger partial charge in [-0.25, -0.2) is 0 Å². The lowest BCUT2D eigenvalue weighted by Crippen LogP contribution is -2.20. The van der Waals surface area contributed by atoms with E-state index in [1.165, 1.54) is 6.92 Å². The van der Waals surface area contributed by atoms with Crippen molar-refractivity contribution < 1.29 is 14.9 Å². The van der Waals surface area contributed by atoms with Gasteiger partial charge in [0.15, 0.2) is 5.79 Å². The Morgan fingerprint density at radius 3 is 1.69 bits per heavy atom. The van der Waals surface area contributed by atoms with Crippen LogP contribution < -0.4 is 0 Å². The van der Waals surface area contributed by atoms with Gasteiger partial charge in [-0.2, -0.15) is 0 Å². The van der Waals surface area contributed by atoms with Gasteiger partial charge in [-0.15, -0.1) is 13.2 Å². The van der Waals surface area contributed by atoms with Gasteiger partial charge in [-0.05, 0) is 13.3 Å². The fourth-order valence-corrected chi connectivity index (χ4v) is 0.235. The average Bonchev–Trinajstić information content (AvgIpc) is 2.06. The van der Waals surface area contributed by atoms with Crippen LogP contribution in [0.4, 0.5) is 0 Å². The first-order valence-corrected chi connectivity index (χ1v) is 4.22. The fraction of sp³-hybridized carbons (Fsp3) is 0.600. The van der Waals surface area contributed by atoms with Gasteiger partial charge in [0, 0.05) is 0 Å². The molecule has 0 atom stereocenters. The van der Waals surface area contributed by atoms with Crippen LogP contribution in [0.5, 0.6) is 0 Å². The van der Waals surface area contributed by atoms with E-state index in [9.17, 15) is 0 Å². The molecule has 0 saturated heterocycles. The summed E-state index contributed by atoms with van der Waals surface area (Å²) < 4.78 is 4.90. The maximum atomic E-state index is 8.38. The zero-order valence-corrected chi connectivity index (χ0v) is 8.49. The summed E-state index contributed by atoms with van der Waals surface area (Å²) in [7, 11) is 0. The van der Waals surface area contributed by atoms with Crippen molar-refractivity contribution in [2.24, 2.45) is 0 Å². The van der Waals surface area contributed by atoms with Gasteiger partial charge in [0.25, 0.3) is 0 Å². The Kier molecular flexibility index (Phi) is 10.8. The lowest BCUT2D eigenvalue weighted by Gasteiger charge is -2.10. The molecule has 3 heteroatoms. The maximum absolute atomic E-state index is 8.38. The molecule has 0 aliphatic carbocycles. The van der Waals surface area contributed by atoms with Crippen molar-refractivity contribution in [3.8, 4) is 0 Å². The summed E-state index contributed by atoms with van der Waals surface area (Å²) in [5.41, 5.74) is 0. The summed E-state index contributed by atoms with van der Waals surface area (Å²) in [4.78, 5) is 0. The summed E-state index contributed by atoms with van der Waals surface area (Å²) in [6, 6.07) is 0. The second kappa shape index (κ2) is 9.45. The van der Waals surface area contributed by atoms with Crippen LogP contribution in [0, 0.1) is 0 Å². The van der Waals surface area contributed by atoms with E-state index in [1.807, 2.05) is 0 Å². The van der Waals surface area contributed by atoms with Crippen LogP contribution in [0.15, 0.2) is 25.3 Å². The van der Waals surface area contributed by atoms with Gasteiger partial charge >= 0.3 is 0 Å². The van der Waals surface area contributed by atoms with Crippen LogP contribution in [0.25, 0.3) is 0 Å². The molecule has 0 saturated carbocycles. The Balaban J connectivity index is 0. The molecule has 2 N–H and O–H groups in total. The van der Waals surface area contributed by atoms with Crippen molar-refractivity contribution in [2.45, 2.75) is 26.1 Å². The van der Waals surface area contributed by atoms with E-state index < -0.39 is 5.79 Å². The summed E-state index contributed by atoms with van der Waals surface area (Å²) >= 11 is 0. The minimum absolute atomic E-state index is 0.382. The molecule has 0 radical (unpaired) electrons. The molecule has 0 unspecified atom stereocenters. The molecule has 0 aromatic heterocycles. The lowest BCUT2D eigenvalue weighted by molar-refractivity contribution is -0.145. The highest BCUT2D eigenvalue weighted by Crippen LogP contribution is 1.99. The number of aliphatic hydroxyl groups is 2. The minimum atomic E-state index is -1.46. The summed E-state index contributed by atoms with van der Waals surface area (Å²) in [6.07, 6.45) is 3.81. The molecule has 0 spiro atoms. The van der Waals surface area contributed by atoms with Crippen molar-refractivity contribution in [3.05, 3.63) is 25.3 Å². The molecule has 0 fully saturated rings. The van der Waals surface area contributed by atoms with Crippen LogP contribution in [0.2, 0.25) is 0 Å². The normalized spacial score (nSPS) is 9.85. The van der Waals surface area contributed by atoms with Crippen molar-refractivity contribution in [1.29, 1.82) is 0 Å². The van der Waals surface area contributed by atoms with E-state index in [0.29, 0.717) is 19.6 Å². The standard InChI is InChI=1S/C6H10O.C4H10O2/c1-3-5-7-6-4-2;1-3-4(2,5)6/h3-4H,1-2,5-6H2;5-6H,3H2,1-2H3. The first-order valence-electron chi connectivity index (χ1n) is 4.22. The van der Waals surface area contributed by atoms with Gasteiger partial charge in [0.2, 0.25) is 0 Å². The highest BCUT2D eigenvalue weighted by molar-refractivity contribution is 4.68. The number of hydrogen-bond acceptors (Lipinski definition) is 3. The van der Waals surface area contributed by atoms with Crippen molar-refractivity contribution in [3.63, 3.8) is 0 Å². The molecular formula is C10H20O3. The molecule has 0 bridgehead atoms. The smallest absolute Gasteiger partial charge is 0.159 e. The second-order valence-corrected chi connectivity index (χ2v) is 2.69. The third kappa shape index (κ3) is 24.6. The number of ether oxygens (including phenoxy) is 1. The van der Waals surface area contributed by atoms with E-state index in [1.54, 1.807) is 19.1 Å². The Hall–Kier alpha value is -0.640. The molecular weight excluding hydrogens is 168 g/mol. The van der Waals surface area contributed by atoms with E-state index in [-0.39, 0.29) is 0 Å². The molecule has 0 aromatic rings. The van der Waals surface area contributed by atoms with Crippen LogP contribution in [0.1, 0.15) is 20.3 Å². The van der Waals surface area contributed by atoms with E-state index in [2.05, 4.69) is 13.2 Å². The van der Waals surface area contributed by atoms with E-state index >= 15 is 0 Å². The molecule has 13 heavy (non-hydrogen) atoms. The summed E-state index contributed by atoms with van der Waals surface area (Å²) in [5, 5.41) is 16.8. The quantitative estimate of drug-likeness (QED) is 0.390. The average molecular weight is 188 g/mol. The van der Waals surface area contributed by atoms with E-state index in [0.717, 1.165) is 0 Å². The zero-order chi connectivity index (χ0) is 10.7. The minimum Gasteiger partial charge on any atom is -0.373 e. The molecule has 0 heterocycles. The van der Waals surface area contributed by atoms with Gasteiger partial charge in [0.05, 0.1) is 13.2 Å². The van der Waals surface area contributed by atoms with Crippen molar-refractivity contribution >= 4 is 0 Å². The van der Waals surface area contributed by atoms with Gasteiger partial charge in [-0.1, -0.05) is 19.1 Å². The monoisotopic (exact) mass is 188 g/mol. The zero-order valence-electron chi connectivity index (χ0n) is 8.49. The Morgan fingerprint density at radius 1 is 1.23 bits per heavy atom. The lowest BCUT2D eigenvalue weighted by atomic mass is 10.3. The Labute approximate surface area is 80.4 Å². The number of hydrogen-bond donors (Lipinski definition) is 2. The van der Waals surface area contributed by atoms with Crippen LogP contribution in [-0.2, 0) is 4.74 Å². The topological polar surface area (TPSA) is 49.7 Å². The summed E-state index contributed by atoms with van der Waals surface area (Å²) in [6.45, 7) is 11.2. The number of rotatable bonds is 5. The Morgan fingerprint density at radius 2 is 1.54 bits per heavy atom. The molecule has 0 aliphatic rings. The van der Waals surface area contributed by atoms with Gasteiger partial charge < -0.3 is 14.9 Å². The second-order valence-electron chi connectivity index (χ2n) is 2.69. The first kappa shape index (κ1) is 14.9. The van der Waals surface area contributed by atoms with E-state index in [4.69, 9.17) is 14.9 Å². The SMILES string of the molecule is C=CCOCC=C.CCC(C)(O)O. The molecule has 0 amide bonds. The third-order valence-electron chi connectivity index (χ3n) is 1.14. The van der Waals surface area contributed by atoms with Gasteiger partial charge in [0.1, 0.15) is 0 Å². The highest BCUT2D eigenvalue weighted by Gasteiger charge is 2.08. The van der Waals surface area contributed by atoms with Crippen LogP contribution >= 0.6 is 0 Å². The van der Waals surface area contributed by atoms with Gasteiger partial charge in [-0.3, -0.25) is 0 Å². The fourth-order valence-electron chi connectivity index (χ4n) is 0.235. The molecule has 0 rings (SSSR count). The van der Waals surface area contributed by atoms with Crippen LogP contribution in [-0.4, -0.2) is 29.2 Å². The molecule has 0 aliphatic heterocycles. The highest BCUT2D eigenvalue weighted by atomic mass is 16.5. The predicted octanol–water partition coefficient (Wildman–Crippen LogP) is 1.47. The predicted molar refractivity (Wildman–Crippen MR) is 54.3 cm³/mol. The molecule has 0 aromatic carbocycles.